The van der Waals surface area contributed by atoms with Crippen LogP contribution in [0.4, 0.5) is 0 Å². The molecule has 0 aliphatic heterocycles. The van der Waals surface area contributed by atoms with Crippen molar-refractivity contribution in [2.24, 2.45) is 0 Å². The van der Waals surface area contributed by atoms with Crippen LogP contribution in [0, 0.1) is 0 Å². The maximum Gasteiger partial charge on any atom is 0.252 e. The van der Waals surface area contributed by atoms with Crippen LogP contribution in [0.25, 0.3) is 0 Å². The minimum atomic E-state index is -0.460. The van der Waals surface area contributed by atoms with Gasteiger partial charge in [-0.3, -0.25) is 4.79 Å². The molecule has 4 heteroatoms. The van der Waals surface area contributed by atoms with Gasteiger partial charge in [0.1, 0.15) is 12.4 Å². The van der Waals surface area contributed by atoms with Gasteiger partial charge in [-0.1, -0.05) is 6.92 Å². The van der Waals surface area contributed by atoms with Gasteiger partial charge in [-0.05, 0) is 42.3 Å². The SMILES string of the molecule is CCCOCCOc1ccc(C(=O)Cl)cc1. The van der Waals surface area contributed by atoms with Gasteiger partial charge in [0, 0.05) is 12.2 Å². The zero-order valence-corrected chi connectivity index (χ0v) is 10.00. The minimum absolute atomic E-state index is 0.460. The molecule has 0 aromatic heterocycles. The molecule has 0 saturated heterocycles. The third-order valence-electron chi connectivity index (χ3n) is 1.93. The molecule has 0 unspecified atom stereocenters. The van der Waals surface area contributed by atoms with Crippen LogP contribution in [-0.4, -0.2) is 25.1 Å². The molecule has 0 atom stereocenters. The lowest BCUT2D eigenvalue weighted by atomic mass is 10.2. The second-order valence-corrected chi connectivity index (χ2v) is 3.60. The third-order valence-corrected chi connectivity index (χ3v) is 2.14. The fourth-order valence-corrected chi connectivity index (χ4v) is 1.27. The topological polar surface area (TPSA) is 35.5 Å². The molecule has 0 heterocycles. The third kappa shape index (κ3) is 4.64. The number of halogens is 1. The Bertz CT molecular complexity index is 322. The van der Waals surface area contributed by atoms with Crippen LogP contribution < -0.4 is 4.74 Å². The standard InChI is InChI=1S/C12H15ClO3/c1-2-7-15-8-9-16-11-5-3-10(4-6-11)12(13)14/h3-6H,2,7-9H2,1H3. The van der Waals surface area contributed by atoms with Crippen LogP contribution in [0.3, 0.4) is 0 Å². The largest absolute Gasteiger partial charge is 0.491 e. The lowest BCUT2D eigenvalue weighted by Gasteiger charge is -2.06. The van der Waals surface area contributed by atoms with Gasteiger partial charge in [0.25, 0.3) is 5.24 Å². The highest BCUT2D eigenvalue weighted by Gasteiger charge is 2.01. The van der Waals surface area contributed by atoms with Crippen molar-refractivity contribution in [3.8, 4) is 5.75 Å². The highest BCUT2D eigenvalue weighted by molar-refractivity contribution is 6.67. The van der Waals surface area contributed by atoms with Crippen molar-refractivity contribution in [1.29, 1.82) is 0 Å². The van der Waals surface area contributed by atoms with Gasteiger partial charge in [-0.2, -0.15) is 0 Å². The Morgan fingerprint density at radius 2 is 1.88 bits per heavy atom. The van der Waals surface area contributed by atoms with Crippen LogP contribution in [-0.2, 0) is 4.74 Å². The summed E-state index contributed by atoms with van der Waals surface area (Å²) in [7, 11) is 0. The van der Waals surface area contributed by atoms with E-state index in [0.29, 0.717) is 24.5 Å². The average molecular weight is 243 g/mol. The summed E-state index contributed by atoms with van der Waals surface area (Å²) in [6.07, 6.45) is 1.01. The zero-order valence-electron chi connectivity index (χ0n) is 9.24. The molecule has 88 valence electrons. The average Bonchev–Trinajstić information content (AvgIpc) is 2.29. The van der Waals surface area contributed by atoms with Crippen molar-refractivity contribution in [1.82, 2.24) is 0 Å². The first-order valence-corrected chi connectivity index (χ1v) is 5.62. The van der Waals surface area contributed by atoms with Gasteiger partial charge in [0.2, 0.25) is 0 Å². The van der Waals surface area contributed by atoms with E-state index >= 15 is 0 Å². The molecule has 1 rings (SSSR count). The summed E-state index contributed by atoms with van der Waals surface area (Å²) in [6.45, 7) is 3.89. The van der Waals surface area contributed by atoms with Gasteiger partial charge >= 0.3 is 0 Å². The Morgan fingerprint density at radius 1 is 1.19 bits per heavy atom. The molecule has 0 spiro atoms. The Morgan fingerprint density at radius 3 is 2.44 bits per heavy atom. The molecule has 1 aromatic rings. The van der Waals surface area contributed by atoms with E-state index in [4.69, 9.17) is 21.1 Å². The second kappa shape index (κ2) is 7.25. The molecule has 0 bridgehead atoms. The maximum atomic E-state index is 10.8. The number of rotatable bonds is 7. The predicted octanol–water partition coefficient (Wildman–Crippen LogP) is 2.87. The van der Waals surface area contributed by atoms with Crippen LogP contribution in [0.15, 0.2) is 24.3 Å². The van der Waals surface area contributed by atoms with Crippen LogP contribution in [0.2, 0.25) is 0 Å². The van der Waals surface area contributed by atoms with E-state index in [1.165, 1.54) is 0 Å². The molecule has 0 aliphatic carbocycles. The normalized spacial score (nSPS) is 10.1. The number of hydrogen-bond donors (Lipinski definition) is 0. The molecule has 0 N–H and O–H groups in total. The van der Waals surface area contributed by atoms with Crippen molar-refractivity contribution in [2.45, 2.75) is 13.3 Å². The maximum absolute atomic E-state index is 10.8. The van der Waals surface area contributed by atoms with Crippen LogP contribution in [0.1, 0.15) is 23.7 Å². The molecular formula is C12H15ClO3. The quantitative estimate of drug-likeness (QED) is 0.545. The van der Waals surface area contributed by atoms with E-state index in [9.17, 15) is 4.79 Å². The first kappa shape index (κ1) is 13.0. The summed E-state index contributed by atoms with van der Waals surface area (Å²) in [5.74, 6) is 0.710. The molecular weight excluding hydrogens is 228 g/mol. The molecule has 0 saturated carbocycles. The van der Waals surface area contributed by atoms with Crippen LogP contribution >= 0.6 is 11.6 Å². The lowest BCUT2D eigenvalue weighted by Crippen LogP contribution is -2.07. The Labute approximate surface area is 100 Å². The first-order chi connectivity index (χ1) is 7.74. The van der Waals surface area contributed by atoms with Crippen molar-refractivity contribution < 1.29 is 14.3 Å². The van der Waals surface area contributed by atoms with Gasteiger partial charge < -0.3 is 9.47 Å². The van der Waals surface area contributed by atoms with Crippen molar-refractivity contribution in [3.63, 3.8) is 0 Å². The lowest BCUT2D eigenvalue weighted by molar-refractivity contribution is 0.101. The monoisotopic (exact) mass is 242 g/mol. The highest BCUT2D eigenvalue weighted by Crippen LogP contribution is 2.13. The predicted molar refractivity (Wildman–Crippen MR) is 63.2 cm³/mol. The van der Waals surface area contributed by atoms with Crippen molar-refractivity contribution in [3.05, 3.63) is 29.8 Å². The molecule has 0 amide bonds. The van der Waals surface area contributed by atoms with Gasteiger partial charge in [0.05, 0.1) is 6.61 Å². The second-order valence-electron chi connectivity index (χ2n) is 3.26. The zero-order chi connectivity index (χ0) is 11.8. The van der Waals surface area contributed by atoms with E-state index in [-0.39, 0.29) is 0 Å². The van der Waals surface area contributed by atoms with E-state index in [0.717, 1.165) is 13.0 Å². The molecule has 1 aromatic carbocycles. The summed E-state index contributed by atoms with van der Waals surface area (Å²) in [6, 6.07) is 6.71. The van der Waals surface area contributed by atoms with Gasteiger partial charge in [-0.15, -0.1) is 0 Å². The van der Waals surface area contributed by atoms with Crippen molar-refractivity contribution >= 4 is 16.8 Å². The Kier molecular flexibility index (Phi) is 5.90. The van der Waals surface area contributed by atoms with E-state index in [2.05, 4.69) is 6.92 Å². The summed E-state index contributed by atoms with van der Waals surface area (Å²) in [5, 5.41) is -0.460. The van der Waals surface area contributed by atoms with Crippen molar-refractivity contribution in [2.75, 3.05) is 19.8 Å². The van der Waals surface area contributed by atoms with E-state index in [1.54, 1.807) is 24.3 Å². The fraction of sp³-hybridized carbons (Fsp3) is 0.417. The smallest absolute Gasteiger partial charge is 0.252 e. The molecule has 0 fully saturated rings. The van der Waals surface area contributed by atoms with E-state index < -0.39 is 5.24 Å². The molecule has 0 radical (unpaired) electrons. The summed E-state index contributed by atoms with van der Waals surface area (Å²) in [5.41, 5.74) is 0.469. The summed E-state index contributed by atoms with van der Waals surface area (Å²) < 4.78 is 10.7. The minimum Gasteiger partial charge on any atom is -0.491 e. The molecule has 16 heavy (non-hydrogen) atoms. The molecule has 3 nitrogen and oxygen atoms in total. The number of carbonyl (C=O) groups is 1. The molecule has 0 aliphatic rings. The first-order valence-electron chi connectivity index (χ1n) is 5.24. The Hall–Kier alpha value is -1.06. The fourth-order valence-electron chi connectivity index (χ4n) is 1.15. The highest BCUT2D eigenvalue weighted by atomic mass is 35.5. The number of carbonyl (C=O) groups excluding carboxylic acids is 1. The van der Waals surface area contributed by atoms with E-state index in [1.807, 2.05) is 0 Å². The number of benzene rings is 1. The van der Waals surface area contributed by atoms with Crippen LogP contribution in [0.5, 0.6) is 5.75 Å². The number of ether oxygens (including phenoxy) is 2. The van der Waals surface area contributed by atoms with Gasteiger partial charge in [-0.25, -0.2) is 0 Å². The van der Waals surface area contributed by atoms with Gasteiger partial charge in [0.15, 0.2) is 0 Å². The number of hydrogen-bond acceptors (Lipinski definition) is 3. The summed E-state index contributed by atoms with van der Waals surface area (Å²) >= 11 is 5.32. The Balaban J connectivity index is 2.29. The summed E-state index contributed by atoms with van der Waals surface area (Å²) in [4.78, 5) is 10.8.